The van der Waals surface area contributed by atoms with Crippen LogP contribution in [-0.2, 0) is 4.79 Å². The van der Waals surface area contributed by atoms with E-state index in [2.05, 4.69) is 24.8 Å². The zero-order valence-corrected chi connectivity index (χ0v) is 11.1. The first-order chi connectivity index (χ1) is 8.08. The lowest BCUT2D eigenvalue weighted by Gasteiger charge is -2.27. The predicted octanol–water partition coefficient (Wildman–Crippen LogP) is 2.13. The van der Waals surface area contributed by atoms with Crippen LogP contribution >= 0.6 is 11.3 Å². The van der Waals surface area contributed by atoms with Crippen LogP contribution < -0.4 is 5.73 Å². The number of likely N-dealkylation sites (tertiary alicyclic amines) is 1. The number of rotatable bonds is 2. The zero-order chi connectivity index (χ0) is 12.2. The molecule has 2 unspecified atom stereocenters. The molecule has 2 heterocycles. The first-order valence-electron chi connectivity index (χ1n) is 6.21. The van der Waals surface area contributed by atoms with E-state index < -0.39 is 0 Å². The molecule has 1 saturated carbocycles. The lowest BCUT2D eigenvalue weighted by atomic mass is 10.0. The van der Waals surface area contributed by atoms with E-state index in [-0.39, 0.29) is 18.0 Å². The molecular weight excluding hydrogens is 232 g/mol. The predicted molar refractivity (Wildman–Crippen MR) is 69.0 cm³/mol. The number of nitrogens with zero attached hydrogens (tertiary/aromatic N) is 1. The summed E-state index contributed by atoms with van der Waals surface area (Å²) in [5, 5.41) is 0. The molecule has 17 heavy (non-hydrogen) atoms. The lowest BCUT2D eigenvalue weighted by molar-refractivity contribution is -0.129. The van der Waals surface area contributed by atoms with E-state index in [0.717, 1.165) is 12.8 Å². The largest absolute Gasteiger partial charge is 0.331 e. The highest BCUT2D eigenvalue weighted by atomic mass is 32.1. The van der Waals surface area contributed by atoms with Crippen LogP contribution in [0.25, 0.3) is 0 Å². The van der Waals surface area contributed by atoms with Gasteiger partial charge in [-0.15, -0.1) is 11.3 Å². The fourth-order valence-electron chi connectivity index (χ4n) is 2.89. The standard InChI is InChI=1S/C13H18N2OS/c1-7-5-10(8(2)17-7)13-11(14)6-12(16)15(13)9-3-4-9/h5,9,11,13H,3-4,6,14H2,1-2H3. The van der Waals surface area contributed by atoms with E-state index in [1.165, 1.54) is 15.3 Å². The van der Waals surface area contributed by atoms with Gasteiger partial charge in [-0.1, -0.05) is 0 Å². The highest BCUT2D eigenvalue weighted by Crippen LogP contribution is 2.43. The molecule has 4 heteroatoms. The number of hydrogen-bond acceptors (Lipinski definition) is 3. The molecule has 0 spiro atoms. The van der Waals surface area contributed by atoms with Crippen LogP contribution in [0.15, 0.2) is 6.07 Å². The smallest absolute Gasteiger partial charge is 0.225 e. The molecule has 1 aliphatic carbocycles. The SMILES string of the molecule is Cc1cc(C2C(N)CC(=O)N2C2CC2)c(C)s1. The molecule has 0 aromatic carbocycles. The normalized spacial score (nSPS) is 29.1. The van der Waals surface area contributed by atoms with Gasteiger partial charge in [0.2, 0.25) is 5.91 Å². The Morgan fingerprint density at radius 3 is 2.65 bits per heavy atom. The molecule has 2 fully saturated rings. The van der Waals surface area contributed by atoms with Crippen LogP contribution in [0.3, 0.4) is 0 Å². The third kappa shape index (κ3) is 1.79. The molecule has 1 amide bonds. The van der Waals surface area contributed by atoms with Crippen molar-refractivity contribution in [3.05, 3.63) is 21.4 Å². The van der Waals surface area contributed by atoms with Gasteiger partial charge in [0.15, 0.2) is 0 Å². The molecule has 1 aromatic heterocycles. The third-order valence-corrected chi connectivity index (χ3v) is 4.72. The van der Waals surface area contributed by atoms with Crippen LogP contribution in [0.4, 0.5) is 0 Å². The van der Waals surface area contributed by atoms with Crippen LogP contribution in [0.1, 0.15) is 40.6 Å². The number of aryl methyl sites for hydroxylation is 2. The number of carbonyl (C=O) groups excluding carboxylic acids is 1. The minimum absolute atomic E-state index is 0.0317. The van der Waals surface area contributed by atoms with Crippen molar-refractivity contribution in [2.45, 2.75) is 51.2 Å². The van der Waals surface area contributed by atoms with Gasteiger partial charge in [0, 0.05) is 28.3 Å². The number of hydrogen-bond donors (Lipinski definition) is 1. The third-order valence-electron chi connectivity index (χ3n) is 3.74. The van der Waals surface area contributed by atoms with Gasteiger partial charge in [0.25, 0.3) is 0 Å². The van der Waals surface area contributed by atoms with Crippen molar-refractivity contribution >= 4 is 17.2 Å². The van der Waals surface area contributed by atoms with Crippen molar-refractivity contribution in [1.82, 2.24) is 4.90 Å². The summed E-state index contributed by atoms with van der Waals surface area (Å²) in [6, 6.07) is 2.76. The number of nitrogens with two attached hydrogens (primary N) is 1. The van der Waals surface area contributed by atoms with Gasteiger partial charge in [-0.25, -0.2) is 0 Å². The number of carbonyl (C=O) groups is 1. The number of amides is 1. The summed E-state index contributed by atoms with van der Waals surface area (Å²) in [6.07, 6.45) is 2.81. The van der Waals surface area contributed by atoms with Crippen molar-refractivity contribution in [3.8, 4) is 0 Å². The summed E-state index contributed by atoms with van der Waals surface area (Å²) < 4.78 is 0. The van der Waals surface area contributed by atoms with Crippen molar-refractivity contribution < 1.29 is 4.79 Å². The molecule has 2 atom stereocenters. The highest BCUT2D eigenvalue weighted by molar-refractivity contribution is 7.12. The molecule has 0 radical (unpaired) electrons. The Morgan fingerprint density at radius 1 is 1.41 bits per heavy atom. The van der Waals surface area contributed by atoms with E-state index in [1.807, 2.05) is 0 Å². The summed E-state index contributed by atoms with van der Waals surface area (Å²) in [6.45, 7) is 4.25. The maximum Gasteiger partial charge on any atom is 0.225 e. The fraction of sp³-hybridized carbons (Fsp3) is 0.615. The van der Waals surface area contributed by atoms with Gasteiger partial charge in [0.1, 0.15) is 0 Å². The first kappa shape index (κ1) is 11.2. The summed E-state index contributed by atoms with van der Waals surface area (Å²) in [4.78, 5) is 16.7. The molecule has 0 bridgehead atoms. The van der Waals surface area contributed by atoms with E-state index in [1.54, 1.807) is 11.3 Å². The van der Waals surface area contributed by atoms with Gasteiger partial charge < -0.3 is 10.6 Å². The maximum atomic E-state index is 12.0. The quantitative estimate of drug-likeness (QED) is 0.874. The van der Waals surface area contributed by atoms with Crippen molar-refractivity contribution in [2.24, 2.45) is 5.73 Å². The Bertz CT molecular complexity index is 464. The van der Waals surface area contributed by atoms with E-state index >= 15 is 0 Å². The van der Waals surface area contributed by atoms with E-state index in [4.69, 9.17) is 5.73 Å². The first-order valence-corrected chi connectivity index (χ1v) is 7.03. The van der Waals surface area contributed by atoms with Gasteiger partial charge in [0.05, 0.1) is 6.04 Å². The second-order valence-corrected chi connectivity index (χ2v) is 6.67. The Morgan fingerprint density at radius 2 is 2.12 bits per heavy atom. The molecular formula is C13H18N2OS. The van der Waals surface area contributed by atoms with Crippen LogP contribution in [-0.4, -0.2) is 22.9 Å². The van der Waals surface area contributed by atoms with Crippen LogP contribution in [0.5, 0.6) is 0 Å². The summed E-state index contributed by atoms with van der Waals surface area (Å²) in [5.41, 5.74) is 7.45. The molecule has 3 nitrogen and oxygen atoms in total. The number of thiophene rings is 1. The fourth-order valence-corrected chi connectivity index (χ4v) is 3.85. The van der Waals surface area contributed by atoms with E-state index in [0.29, 0.717) is 12.5 Å². The van der Waals surface area contributed by atoms with Gasteiger partial charge in [-0.2, -0.15) is 0 Å². The van der Waals surface area contributed by atoms with Crippen molar-refractivity contribution in [3.63, 3.8) is 0 Å². The monoisotopic (exact) mass is 250 g/mol. The zero-order valence-electron chi connectivity index (χ0n) is 10.3. The van der Waals surface area contributed by atoms with Gasteiger partial charge in [-0.3, -0.25) is 4.79 Å². The summed E-state index contributed by atoms with van der Waals surface area (Å²) >= 11 is 1.80. The van der Waals surface area contributed by atoms with Crippen molar-refractivity contribution in [1.29, 1.82) is 0 Å². The Labute approximate surface area is 106 Å². The molecule has 2 N–H and O–H groups in total. The second-order valence-electron chi connectivity index (χ2n) is 5.21. The summed E-state index contributed by atoms with van der Waals surface area (Å²) in [7, 11) is 0. The molecule has 1 aromatic rings. The van der Waals surface area contributed by atoms with Crippen LogP contribution in [0, 0.1) is 13.8 Å². The Hall–Kier alpha value is -0.870. The molecule has 2 aliphatic rings. The minimum atomic E-state index is -0.0317. The van der Waals surface area contributed by atoms with Crippen LogP contribution in [0.2, 0.25) is 0 Å². The average Bonchev–Trinajstić information content (AvgIpc) is 2.95. The van der Waals surface area contributed by atoms with Crippen molar-refractivity contribution in [2.75, 3.05) is 0 Å². The lowest BCUT2D eigenvalue weighted by Crippen LogP contribution is -2.34. The molecule has 92 valence electrons. The molecule has 1 saturated heterocycles. The molecule has 1 aliphatic heterocycles. The Kier molecular flexibility index (Phi) is 2.52. The average molecular weight is 250 g/mol. The minimum Gasteiger partial charge on any atom is -0.331 e. The second kappa shape index (κ2) is 3.82. The summed E-state index contributed by atoms with van der Waals surface area (Å²) in [5.74, 6) is 0.244. The van der Waals surface area contributed by atoms with Gasteiger partial charge in [-0.05, 0) is 38.3 Å². The Balaban J connectivity index is 1.99. The topological polar surface area (TPSA) is 46.3 Å². The molecule has 3 rings (SSSR count). The van der Waals surface area contributed by atoms with Gasteiger partial charge >= 0.3 is 0 Å². The highest BCUT2D eigenvalue weighted by Gasteiger charge is 2.46. The maximum absolute atomic E-state index is 12.0. The van der Waals surface area contributed by atoms with E-state index in [9.17, 15) is 4.79 Å².